The van der Waals surface area contributed by atoms with E-state index in [1.807, 2.05) is 30.3 Å². The summed E-state index contributed by atoms with van der Waals surface area (Å²) in [6.07, 6.45) is -0.887. The fourth-order valence-corrected chi connectivity index (χ4v) is 1.24. The van der Waals surface area contributed by atoms with Gasteiger partial charge >= 0.3 is 6.09 Å². The second-order valence-corrected chi connectivity index (χ2v) is 3.63. The van der Waals surface area contributed by atoms with Gasteiger partial charge in [-0.3, -0.25) is 0 Å². The van der Waals surface area contributed by atoms with Crippen LogP contribution in [0.4, 0.5) is 15.3 Å². The number of hydrogen-bond donors (Lipinski definition) is 2. The van der Waals surface area contributed by atoms with Crippen LogP contribution >= 0.6 is 0 Å². The van der Waals surface area contributed by atoms with Gasteiger partial charge in [0, 0.05) is 17.1 Å². The Labute approximate surface area is 134 Å². The molecule has 2 aromatic rings. The van der Waals surface area contributed by atoms with Gasteiger partial charge in [-0.2, -0.15) is 12.1 Å². The van der Waals surface area contributed by atoms with Gasteiger partial charge in [0.05, 0.1) is 6.61 Å². The standard InChI is InChI=1S/C9H12N3O3.C5H5.Fe/c1-2-15-9(14)12(10)8(13)11-7-5-3-4-6-7;1-2-4-5-3-1;/h3-6H,2,10H2,1H3,(H,11,13);1-5H;/q-1;-5;. The number of carbonyl (C=O) groups is 2. The molecule has 3 amide bonds. The fourth-order valence-electron chi connectivity index (χ4n) is 1.24. The molecule has 0 atom stereocenters. The molecule has 0 unspecified atom stereocenters. The first-order chi connectivity index (χ1) is 9.65. The number of nitrogens with one attached hydrogen (secondary N) is 1. The molecule has 0 bridgehead atoms. The van der Waals surface area contributed by atoms with Crippen LogP contribution in [0.3, 0.4) is 0 Å². The molecule has 2 rings (SSSR count). The number of nitrogens with two attached hydrogens (primary N) is 1. The molecule has 3 N–H and O–H groups in total. The van der Waals surface area contributed by atoms with Crippen molar-refractivity contribution < 1.29 is 31.4 Å². The number of imide groups is 1. The minimum atomic E-state index is -0.887. The summed E-state index contributed by atoms with van der Waals surface area (Å²) in [5.41, 5.74) is 0.569. The van der Waals surface area contributed by atoms with Gasteiger partial charge < -0.3 is 45.2 Å². The van der Waals surface area contributed by atoms with Crippen LogP contribution in [-0.4, -0.2) is 23.7 Å². The molecular weight excluding hydrogens is 314 g/mol. The Morgan fingerprint density at radius 2 is 1.67 bits per heavy atom. The largest absolute Gasteiger partial charge is 0.748 e. The molecule has 2 aromatic carbocycles. The summed E-state index contributed by atoms with van der Waals surface area (Å²) < 4.78 is 4.55. The maximum atomic E-state index is 11.3. The van der Waals surface area contributed by atoms with Crippen molar-refractivity contribution in [2.75, 3.05) is 11.9 Å². The van der Waals surface area contributed by atoms with Crippen molar-refractivity contribution in [3.63, 3.8) is 0 Å². The van der Waals surface area contributed by atoms with Crippen LogP contribution in [-0.2, 0) is 21.8 Å². The molecule has 0 spiro atoms. The van der Waals surface area contributed by atoms with E-state index in [0.717, 1.165) is 0 Å². The van der Waals surface area contributed by atoms with Crippen molar-refractivity contribution in [1.29, 1.82) is 0 Å². The minimum Gasteiger partial charge on any atom is -0.748 e. The van der Waals surface area contributed by atoms with Gasteiger partial charge in [-0.15, -0.1) is 12.1 Å². The smallest absolute Gasteiger partial charge is 0.424 e. The summed E-state index contributed by atoms with van der Waals surface area (Å²) in [6, 6.07) is 16.1. The molecule has 6 nitrogen and oxygen atoms in total. The molecule has 0 heterocycles. The molecule has 0 fully saturated rings. The number of carbonyl (C=O) groups excluding carboxylic acids is 2. The van der Waals surface area contributed by atoms with E-state index in [4.69, 9.17) is 5.84 Å². The second-order valence-electron chi connectivity index (χ2n) is 3.63. The molecule has 0 aromatic heterocycles. The van der Waals surface area contributed by atoms with E-state index in [1.165, 1.54) is 0 Å². The molecule has 0 saturated carbocycles. The number of ether oxygens (including phenoxy) is 1. The van der Waals surface area contributed by atoms with Crippen LogP contribution in [0.1, 0.15) is 6.92 Å². The van der Waals surface area contributed by atoms with Crippen molar-refractivity contribution in [2.24, 2.45) is 5.84 Å². The summed E-state index contributed by atoms with van der Waals surface area (Å²) in [5, 5.41) is 2.81. The minimum absolute atomic E-state index is 0. The van der Waals surface area contributed by atoms with Gasteiger partial charge in [-0.1, -0.05) is 0 Å². The van der Waals surface area contributed by atoms with E-state index >= 15 is 0 Å². The molecule has 0 saturated heterocycles. The van der Waals surface area contributed by atoms with Crippen molar-refractivity contribution >= 4 is 17.8 Å². The molecule has 0 aliphatic carbocycles. The van der Waals surface area contributed by atoms with Crippen LogP contribution in [0.15, 0.2) is 54.6 Å². The van der Waals surface area contributed by atoms with E-state index in [0.29, 0.717) is 10.7 Å². The average molecular weight is 331 g/mol. The Hall–Kier alpha value is -2.08. The zero-order chi connectivity index (χ0) is 14.8. The number of nitrogens with zero attached hydrogens (tertiary/aromatic N) is 1. The molecule has 120 valence electrons. The zero-order valence-corrected chi connectivity index (χ0v) is 12.6. The Morgan fingerprint density at radius 3 is 2.10 bits per heavy atom. The summed E-state index contributed by atoms with van der Waals surface area (Å²) in [6.45, 7) is 1.79. The Bertz CT molecular complexity index is 480. The van der Waals surface area contributed by atoms with Crippen LogP contribution in [0.25, 0.3) is 0 Å². The number of urea groups is 1. The molecule has 0 aliphatic heterocycles. The molecule has 7 heteroatoms. The summed E-state index contributed by atoms with van der Waals surface area (Å²) in [7, 11) is 0. The topological polar surface area (TPSA) is 84.7 Å². The fraction of sp³-hybridized carbons (Fsp3) is 0.143. The normalized spacial score (nSPS) is 8.67. The van der Waals surface area contributed by atoms with Crippen molar-refractivity contribution in [3.8, 4) is 0 Å². The van der Waals surface area contributed by atoms with Crippen molar-refractivity contribution in [3.05, 3.63) is 54.6 Å². The van der Waals surface area contributed by atoms with Crippen LogP contribution in [0, 0.1) is 0 Å². The summed E-state index contributed by atoms with van der Waals surface area (Å²) in [4.78, 5) is 22.3. The first-order valence-electron chi connectivity index (χ1n) is 6.06. The van der Waals surface area contributed by atoms with Crippen LogP contribution in [0.5, 0.6) is 0 Å². The maximum absolute atomic E-state index is 11.3. The first-order valence-corrected chi connectivity index (χ1v) is 6.06. The number of rotatable bonds is 2. The molecule has 21 heavy (non-hydrogen) atoms. The average Bonchev–Trinajstić information content (AvgIpc) is 3.13. The second kappa shape index (κ2) is 10.7. The summed E-state index contributed by atoms with van der Waals surface area (Å²) in [5.74, 6) is 5.21. The molecule has 0 aliphatic rings. The van der Waals surface area contributed by atoms with Crippen molar-refractivity contribution in [1.82, 2.24) is 5.01 Å². The third-order valence-corrected chi connectivity index (χ3v) is 2.15. The van der Waals surface area contributed by atoms with Gasteiger partial charge in [0.25, 0.3) is 6.03 Å². The van der Waals surface area contributed by atoms with Crippen LogP contribution < -0.4 is 11.2 Å². The van der Waals surface area contributed by atoms with E-state index in [2.05, 4.69) is 10.1 Å². The van der Waals surface area contributed by atoms with Crippen molar-refractivity contribution in [2.45, 2.75) is 6.92 Å². The maximum Gasteiger partial charge on any atom is 0.424 e. The molecule has 0 radical (unpaired) electrons. The quantitative estimate of drug-likeness (QED) is 0.291. The van der Waals surface area contributed by atoms with Gasteiger partial charge in [-0.25, -0.2) is 15.6 Å². The summed E-state index contributed by atoms with van der Waals surface area (Å²) >= 11 is 0. The van der Waals surface area contributed by atoms with E-state index in [1.54, 1.807) is 31.2 Å². The molecular formula is C14H17FeN3O3-6. The monoisotopic (exact) mass is 331 g/mol. The number of anilines is 1. The van der Waals surface area contributed by atoms with Gasteiger partial charge in [0.15, 0.2) is 0 Å². The third kappa shape index (κ3) is 7.31. The van der Waals surface area contributed by atoms with E-state index in [-0.39, 0.29) is 23.7 Å². The SMILES string of the molecule is CCOC(=O)N(N)C(=O)N[c-]1cccc1.[Fe].[cH-]1[cH-][cH-][cH-][cH-]1. The predicted octanol–water partition coefficient (Wildman–Crippen LogP) is 2.67. The third-order valence-electron chi connectivity index (χ3n) is 2.15. The zero-order valence-electron chi connectivity index (χ0n) is 11.5. The Kier molecular flexibility index (Phi) is 9.62. The van der Waals surface area contributed by atoms with Gasteiger partial charge in [-0.05, 0) is 12.6 Å². The Balaban J connectivity index is 0.000000562. The van der Waals surface area contributed by atoms with E-state index in [9.17, 15) is 9.59 Å². The first kappa shape index (κ1) is 18.9. The van der Waals surface area contributed by atoms with E-state index < -0.39 is 12.1 Å². The number of hydrogen-bond acceptors (Lipinski definition) is 4. The van der Waals surface area contributed by atoms with Gasteiger partial charge in [0.1, 0.15) is 0 Å². The van der Waals surface area contributed by atoms with Gasteiger partial charge in [0.2, 0.25) is 0 Å². The number of hydrazine groups is 1. The predicted molar refractivity (Wildman–Crippen MR) is 76.1 cm³/mol. The number of amides is 3. The Morgan fingerprint density at radius 1 is 1.19 bits per heavy atom. The van der Waals surface area contributed by atoms with Crippen LogP contribution in [0.2, 0.25) is 0 Å².